The van der Waals surface area contributed by atoms with Crippen LogP contribution in [-0.4, -0.2) is 54.9 Å². The maximum absolute atomic E-state index is 13.7. The van der Waals surface area contributed by atoms with Gasteiger partial charge in [0.05, 0.1) is 12.3 Å². The maximum Gasteiger partial charge on any atom is 0.323 e. The Labute approximate surface area is 111 Å². The van der Waals surface area contributed by atoms with Gasteiger partial charge in [0.1, 0.15) is 12.4 Å². The van der Waals surface area contributed by atoms with Crippen LogP contribution in [0, 0.1) is 5.82 Å². The molecule has 0 spiro atoms. The van der Waals surface area contributed by atoms with Crippen molar-refractivity contribution in [3.63, 3.8) is 0 Å². The molecule has 0 aliphatic heterocycles. The van der Waals surface area contributed by atoms with Crippen molar-refractivity contribution in [3.05, 3.63) is 29.6 Å². The molecule has 19 heavy (non-hydrogen) atoms. The standard InChI is InChI=1S/C13H19FN2O3/c1-15(5-6-17)8-10-3-4-11(14)12(7-10)16(2)9-13(18)19/h3-4,7,17H,5-6,8-9H2,1-2H3,(H,18,19). The van der Waals surface area contributed by atoms with Crippen molar-refractivity contribution in [1.82, 2.24) is 4.90 Å². The molecule has 106 valence electrons. The number of aliphatic carboxylic acids is 1. The Morgan fingerprint density at radius 2 is 2.05 bits per heavy atom. The first-order valence-corrected chi connectivity index (χ1v) is 5.94. The van der Waals surface area contributed by atoms with E-state index in [0.717, 1.165) is 5.56 Å². The number of hydrogen-bond donors (Lipinski definition) is 2. The van der Waals surface area contributed by atoms with Gasteiger partial charge in [-0.15, -0.1) is 0 Å². The number of nitrogens with zero attached hydrogens (tertiary/aromatic N) is 2. The van der Waals surface area contributed by atoms with E-state index in [4.69, 9.17) is 10.2 Å². The third kappa shape index (κ3) is 4.84. The molecule has 0 saturated carbocycles. The lowest BCUT2D eigenvalue weighted by molar-refractivity contribution is -0.135. The third-order valence-corrected chi connectivity index (χ3v) is 2.73. The summed E-state index contributed by atoms with van der Waals surface area (Å²) in [5.41, 5.74) is 1.13. The number of carboxylic acid groups (broad SMARTS) is 1. The quantitative estimate of drug-likeness (QED) is 0.766. The van der Waals surface area contributed by atoms with Crippen LogP contribution in [0.3, 0.4) is 0 Å². The van der Waals surface area contributed by atoms with E-state index in [-0.39, 0.29) is 18.8 Å². The Kier molecular flexibility index (Phi) is 5.72. The second kappa shape index (κ2) is 7.06. The van der Waals surface area contributed by atoms with Crippen LogP contribution in [0.4, 0.5) is 10.1 Å². The number of halogens is 1. The lowest BCUT2D eigenvalue weighted by Crippen LogP contribution is -2.26. The van der Waals surface area contributed by atoms with Gasteiger partial charge in [-0.2, -0.15) is 0 Å². The van der Waals surface area contributed by atoms with Gasteiger partial charge < -0.3 is 15.1 Å². The first kappa shape index (κ1) is 15.4. The summed E-state index contributed by atoms with van der Waals surface area (Å²) in [4.78, 5) is 13.9. The molecule has 1 aromatic rings. The van der Waals surface area contributed by atoms with E-state index in [2.05, 4.69) is 0 Å². The second-order valence-electron chi connectivity index (χ2n) is 4.50. The average molecular weight is 270 g/mol. The molecule has 1 aromatic carbocycles. The minimum absolute atomic E-state index is 0.0590. The highest BCUT2D eigenvalue weighted by molar-refractivity contribution is 5.73. The monoisotopic (exact) mass is 270 g/mol. The van der Waals surface area contributed by atoms with Crippen molar-refractivity contribution < 1.29 is 19.4 Å². The fourth-order valence-corrected chi connectivity index (χ4v) is 1.80. The summed E-state index contributed by atoms with van der Waals surface area (Å²) in [6.07, 6.45) is 0. The van der Waals surface area contributed by atoms with Crippen LogP contribution in [0.5, 0.6) is 0 Å². The molecule has 0 heterocycles. The van der Waals surface area contributed by atoms with E-state index in [1.165, 1.54) is 18.0 Å². The van der Waals surface area contributed by atoms with Gasteiger partial charge in [0.25, 0.3) is 0 Å². The summed E-state index contributed by atoms with van der Waals surface area (Å²) in [5, 5.41) is 17.5. The lowest BCUT2D eigenvalue weighted by atomic mass is 10.1. The molecular formula is C13H19FN2O3. The molecule has 0 atom stereocenters. The minimum Gasteiger partial charge on any atom is -0.480 e. The van der Waals surface area contributed by atoms with Gasteiger partial charge in [-0.1, -0.05) is 6.07 Å². The fourth-order valence-electron chi connectivity index (χ4n) is 1.80. The molecular weight excluding hydrogens is 251 g/mol. The highest BCUT2D eigenvalue weighted by atomic mass is 19.1. The molecule has 0 unspecified atom stereocenters. The summed E-state index contributed by atoms with van der Waals surface area (Å²) in [7, 11) is 3.38. The van der Waals surface area contributed by atoms with E-state index in [0.29, 0.717) is 13.1 Å². The highest BCUT2D eigenvalue weighted by Crippen LogP contribution is 2.20. The van der Waals surface area contributed by atoms with E-state index >= 15 is 0 Å². The van der Waals surface area contributed by atoms with Gasteiger partial charge in [0.15, 0.2) is 0 Å². The van der Waals surface area contributed by atoms with Crippen molar-refractivity contribution in [2.45, 2.75) is 6.54 Å². The molecule has 0 radical (unpaired) electrons. The van der Waals surface area contributed by atoms with E-state index in [1.54, 1.807) is 12.1 Å². The zero-order valence-corrected chi connectivity index (χ0v) is 11.1. The molecule has 0 fully saturated rings. The molecule has 0 saturated heterocycles. The normalized spacial score (nSPS) is 10.8. The molecule has 1 rings (SSSR count). The van der Waals surface area contributed by atoms with Crippen molar-refractivity contribution in [3.8, 4) is 0 Å². The summed E-state index contributed by atoms with van der Waals surface area (Å²) < 4.78 is 13.7. The first-order valence-electron chi connectivity index (χ1n) is 5.94. The molecule has 0 bridgehead atoms. The SMILES string of the molecule is CN(CCO)Cc1ccc(F)c(N(C)CC(=O)O)c1. The zero-order chi connectivity index (χ0) is 14.4. The van der Waals surface area contributed by atoms with Crippen LogP contribution in [-0.2, 0) is 11.3 Å². The van der Waals surface area contributed by atoms with Gasteiger partial charge in [0.2, 0.25) is 0 Å². The fraction of sp³-hybridized carbons (Fsp3) is 0.462. The Bertz CT molecular complexity index is 440. The second-order valence-corrected chi connectivity index (χ2v) is 4.50. The van der Waals surface area contributed by atoms with Crippen LogP contribution in [0.25, 0.3) is 0 Å². The minimum atomic E-state index is -1.01. The number of aliphatic hydroxyl groups is 1. The number of benzene rings is 1. The van der Waals surface area contributed by atoms with Gasteiger partial charge >= 0.3 is 5.97 Å². The van der Waals surface area contributed by atoms with Crippen LogP contribution in [0.15, 0.2) is 18.2 Å². The maximum atomic E-state index is 13.7. The van der Waals surface area contributed by atoms with E-state index in [9.17, 15) is 9.18 Å². The molecule has 2 N–H and O–H groups in total. The Hall–Kier alpha value is -1.66. The Morgan fingerprint density at radius 1 is 1.37 bits per heavy atom. The predicted octanol–water partition coefficient (Wildman–Crippen LogP) is 0.771. The number of carboxylic acids is 1. The van der Waals surface area contributed by atoms with Crippen LogP contribution in [0.1, 0.15) is 5.56 Å². The first-order chi connectivity index (χ1) is 8.93. The summed E-state index contributed by atoms with van der Waals surface area (Å²) >= 11 is 0. The zero-order valence-electron chi connectivity index (χ0n) is 11.1. The highest BCUT2D eigenvalue weighted by Gasteiger charge is 2.12. The van der Waals surface area contributed by atoms with Gasteiger partial charge in [-0.3, -0.25) is 9.69 Å². The number of rotatable bonds is 7. The van der Waals surface area contributed by atoms with Crippen LogP contribution >= 0.6 is 0 Å². The summed E-state index contributed by atoms with van der Waals surface area (Å²) in [5.74, 6) is -1.46. The lowest BCUT2D eigenvalue weighted by Gasteiger charge is -2.20. The van der Waals surface area contributed by atoms with Crippen molar-refractivity contribution >= 4 is 11.7 Å². The third-order valence-electron chi connectivity index (χ3n) is 2.73. The van der Waals surface area contributed by atoms with Crippen LogP contribution in [0.2, 0.25) is 0 Å². The number of carbonyl (C=O) groups is 1. The smallest absolute Gasteiger partial charge is 0.323 e. The topological polar surface area (TPSA) is 64.0 Å². The molecule has 6 heteroatoms. The average Bonchev–Trinajstić information content (AvgIpc) is 2.31. The molecule has 0 aromatic heterocycles. The van der Waals surface area contributed by atoms with Gasteiger partial charge in [-0.25, -0.2) is 4.39 Å². The molecule has 0 aliphatic rings. The number of hydrogen-bond acceptors (Lipinski definition) is 4. The largest absolute Gasteiger partial charge is 0.480 e. The van der Waals surface area contributed by atoms with Crippen molar-refractivity contribution in [2.24, 2.45) is 0 Å². The van der Waals surface area contributed by atoms with Crippen molar-refractivity contribution in [2.75, 3.05) is 38.7 Å². The number of likely N-dealkylation sites (N-methyl/N-ethyl adjacent to an activating group) is 2. The Morgan fingerprint density at radius 3 is 2.63 bits per heavy atom. The van der Waals surface area contributed by atoms with Crippen LogP contribution < -0.4 is 4.90 Å². The summed E-state index contributed by atoms with van der Waals surface area (Å²) in [6.45, 7) is 0.892. The summed E-state index contributed by atoms with van der Waals surface area (Å²) in [6, 6.07) is 4.61. The van der Waals surface area contributed by atoms with Crippen molar-refractivity contribution in [1.29, 1.82) is 0 Å². The van der Waals surface area contributed by atoms with E-state index < -0.39 is 11.8 Å². The van der Waals surface area contributed by atoms with Gasteiger partial charge in [-0.05, 0) is 24.7 Å². The molecule has 5 nitrogen and oxygen atoms in total. The van der Waals surface area contributed by atoms with E-state index in [1.807, 2.05) is 11.9 Å². The Balaban J connectivity index is 2.84. The number of aliphatic hydroxyl groups excluding tert-OH is 1. The molecule has 0 amide bonds. The molecule has 0 aliphatic carbocycles. The van der Waals surface area contributed by atoms with Gasteiger partial charge in [0, 0.05) is 20.1 Å². The predicted molar refractivity (Wildman–Crippen MR) is 70.7 cm³/mol. The number of anilines is 1.